The molecule has 0 atom stereocenters. The monoisotopic (exact) mass is 376 g/mol. The average Bonchev–Trinajstić information content (AvgIpc) is 2.69. The van der Waals surface area contributed by atoms with E-state index in [9.17, 15) is 19.5 Å². The topological polar surface area (TPSA) is 116 Å². The number of rotatable bonds is 6. The number of benzene rings is 3. The molecule has 0 saturated heterocycles. The number of carboxylic acid groups (broad SMARTS) is 2. The van der Waals surface area contributed by atoms with Gasteiger partial charge in [0.15, 0.2) is 0 Å². The van der Waals surface area contributed by atoms with Crippen LogP contribution >= 0.6 is 0 Å². The number of carbonyl (C=O) groups excluding carboxylic acids is 1. The summed E-state index contributed by atoms with van der Waals surface area (Å²) in [4.78, 5) is 34.9. The molecular weight excluding hydrogens is 360 g/mol. The van der Waals surface area contributed by atoms with E-state index in [1.807, 2.05) is 30.3 Å². The standard InChI is InChI=1S/C21H16N2O5/c24-19(17-11-6-13(20(25)26)12-18(17)21(27)28)23-16-9-7-15(8-10-16)22-14-4-2-1-3-5-14/h1-12,22H,(H,23,24)(H,25,26)(H,27,28). The maximum absolute atomic E-state index is 12.5. The summed E-state index contributed by atoms with van der Waals surface area (Å²) in [7, 11) is 0. The molecule has 3 aromatic rings. The molecule has 0 radical (unpaired) electrons. The van der Waals surface area contributed by atoms with E-state index >= 15 is 0 Å². The van der Waals surface area contributed by atoms with Gasteiger partial charge in [-0.3, -0.25) is 4.79 Å². The lowest BCUT2D eigenvalue weighted by atomic mass is 10.0. The van der Waals surface area contributed by atoms with Gasteiger partial charge in [0, 0.05) is 17.1 Å². The molecule has 0 aliphatic heterocycles. The van der Waals surface area contributed by atoms with Crippen molar-refractivity contribution in [3.63, 3.8) is 0 Å². The third-order valence-electron chi connectivity index (χ3n) is 3.95. The van der Waals surface area contributed by atoms with Crippen molar-refractivity contribution in [3.05, 3.63) is 89.5 Å². The average molecular weight is 376 g/mol. The van der Waals surface area contributed by atoms with Gasteiger partial charge in [-0.15, -0.1) is 0 Å². The summed E-state index contributed by atoms with van der Waals surface area (Å²) < 4.78 is 0. The summed E-state index contributed by atoms with van der Waals surface area (Å²) in [6.45, 7) is 0. The maximum atomic E-state index is 12.5. The fourth-order valence-electron chi connectivity index (χ4n) is 2.58. The molecular formula is C21H16N2O5. The first kappa shape index (κ1) is 18.7. The number of hydrogen-bond donors (Lipinski definition) is 4. The third kappa shape index (κ3) is 4.34. The van der Waals surface area contributed by atoms with Crippen molar-refractivity contribution in [3.8, 4) is 0 Å². The zero-order chi connectivity index (χ0) is 20.1. The van der Waals surface area contributed by atoms with Crippen LogP contribution in [0.3, 0.4) is 0 Å². The van der Waals surface area contributed by atoms with Crippen molar-refractivity contribution in [2.45, 2.75) is 0 Å². The highest BCUT2D eigenvalue weighted by Gasteiger charge is 2.19. The molecule has 0 bridgehead atoms. The third-order valence-corrected chi connectivity index (χ3v) is 3.95. The minimum Gasteiger partial charge on any atom is -0.478 e. The smallest absolute Gasteiger partial charge is 0.336 e. The van der Waals surface area contributed by atoms with E-state index in [-0.39, 0.29) is 16.7 Å². The lowest BCUT2D eigenvalue weighted by Gasteiger charge is -2.10. The summed E-state index contributed by atoms with van der Waals surface area (Å²) in [5.74, 6) is -3.29. The zero-order valence-electron chi connectivity index (χ0n) is 14.5. The number of nitrogens with one attached hydrogen (secondary N) is 2. The molecule has 0 aromatic heterocycles. The Labute approximate surface area is 160 Å². The van der Waals surface area contributed by atoms with Crippen molar-refractivity contribution < 1.29 is 24.6 Å². The number of hydrogen-bond acceptors (Lipinski definition) is 4. The van der Waals surface area contributed by atoms with E-state index in [0.717, 1.165) is 17.4 Å². The summed E-state index contributed by atoms with van der Waals surface area (Å²) in [5.41, 5.74) is 1.52. The predicted octanol–water partition coefficient (Wildman–Crippen LogP) is 4.08. The molecule has 28 heavy (non-hydrogen) atoms. The SMILES string of the molecule is O=C(O)c1ccc(C(=O)Nc2ccc(Nc3ccccc3)cc2)c(C(=O)O)c1. The van der Waals surface area contributed by atoms with Gasteiger partial charge in [-0.1, -0.05) is 18.2 Å². The minimum absolute atomic E-state index is 0.121. The van der Waals surface area contributed by atoms with E-state index in [1.54, 1.807) is 24.3 Å². The fraction of sp³-hybridized carbons (Fsp3) is 0. The summed E-state index contributed by atoms with van der Waals surface area (Å²) in [5, 5.41) is 24.1. The molecule has 1 amide bonds. The summed E-state index contributed by atoms with van der Waals surface area (Å²) >= 11 is 0. The van der Waals surface area contributed by atoms with Crippen LogP contribution in [0.25, 0.3) is 0 Å². The molecule has 3 rings (SSSR count). The number of carboxylic acids is 2. The first-order valence-electron chi connectivity index (χ1n) is 8.28. The second-order valence-corrected chi connectivity index (χ2v) is 5.89. The van der Waals surface area contributed by atoms with Gasteiger partial charge in [0.05, 0.1) is 16.7 Å². The van der Waals surface area contributed by atoms with Crippen molar-refractivity contribution in [1.29, 1.82) is 0 Å². The molecule has 0 unspecified atom stereocenters. The van der Waals surface area contributed by atoms with Gasteiger partial charge in [0.2, 0.25) is 0 Å². The van der Waals surface area contributed by atoms with Crippen LogP contribution in [0, 0.1) is 0 Å². The van der Waals surface area contributed by atoms with Crippen LogP contribution in [0.15, 0.2) is 72.8 Å². The normalized spacial score (nSPS) is 10.1. The van der Waals surface area contributed by atoms with Gasteiger partial charge in [-0.2, -0.15) is 0 Å². The number of amides is 1. The Kier molecular flexibility index (Phi) is 5.36. The van der Waals surface area contributed by atoms with Gasteiger partial charge in [-0.25, -0.2) is 9.59 Å². The Balaban J connectivity index is 1.76. The lowest BCUT2D eigenvalue weighted by molar-refractivity contribution is 0.0692. The van der Waals surface area contributed by atoms with E-state index in [4.69, 9.17) is 5.11 Å². The van der Waals surface area contributed by atoms with Crippen LogP contribution in [-0.4, -0.2) is 28.1 Å². The van der Waals surface area contributed by atoms with E-state index in [1.165, 1.54) is 12.1 Å². The van der Waals surface area contributed by atoms with Crippen LogP contribution < -0.4 is 10.6 Å². The molecule has 0 spiro atoms. The van der Waals surface area contributed by atoms with Crippen molar-refractivity contribution in [1.82, 2.24) is 0 Å². The molecule has 0 aliphatic carbocycles. The molecule has 140 valence electrons. The van der Waals surface area contributed by atoms with Crippen molar-refractivity contribution >= 4 is 34.9 Å². The van der Waals surface area contributed by atoms with Crippen LogP contribution in [0.4, 0.5) is 17.1 Å². The van der Waals surface area contributed by atoms with Crippen molar-refractivity contribution in [2.24, 2.45) is 0 Å². The van der Waals surface area contributed by atoms with Gasteiger partial charge in [-0.05, 0) is 54.6 Å². The molecule has 0 saturated carbocycles. The van der Waals surface area contributed by atoms with Gasteiger partial charge >= 0.3 is 11.9 Å². The van der Waals surface area contributed by atoms with Crippen LogP contribution in [-0.2, 0) is 0 Å². The molecule has 7 heteroatoms. The Morgan fingerprint density at radius 3 is 1.86 bits per heavy atom. The molecule has 4 N–H and O–H groups in total. The first-order valence-corrected chi connectivity index (χ1v) is 8.28. The minimum atomic E-state index is -1.38. The Hall–Kier alpha value is -4.13. The Bertz CT molecular complexity index is 1030. The quantitative estimate of drug-likeness (QED) is 0.515. The second-order valence-electron chi connectivity index (χ2n) is 5.89. The number of aromatic carboxylic acids is 2. The largest absolute Gasteiger partial charge is 0.478 e. The van der Waals surface area contributed by atoms with Crippen LogP contribution in [0.2, 0.25) is 0 Å². The molecule has 0 heterocycles. The number of carbonyl (C=O) groups is 3. The lowest BCUT2D eigenvalue weighted by Crippen LogP contribution is -2.17. The molecule has 3 aromatic carbocycles. The van der Waals surface area contributed by atoms with Gasteiger partial charge < -0.3 is 20.8 Å². The highest BCUT2D eigenvalue weighted by molar-refractivity contribution is 6.11. The van der Waals surface area contributed by atoms with Crippen LogP contribution in [0.5, 0.6) is 0 Å². The summed E-state index contributed by atoms with van der Waals surface area (Å²) in [6.07, 6.45) is 0. The molecule has 0 fully saturated rings. The predicted molar refractivity (Wildman–Crippen MR) is 104 cm³/mol. The zero-order valence-corrected chi connectivity index (χ0v) is 14.5. The fourth-order valence-corrected chi connectivity index (χ4v) is 2.58. The van der Waals surface area contributed by atoms with Gasteiger partial charge in [0.25, 0.3) is 5.91 Å². The number of para-hydroxylation sites is 1. The Morgan fingerprint density at radius 1 is 0.643 bits per heavy atom. The van der Waals surface area contributed by atoms with Crippen molar-refractivity contribution in [2.75, 3.05) is 10.6 Å². The highest BCUT2D eigenvalue weighted by atomic mass is 16.4. The Morgan fingerprint density at radius 2 is 1.25 bits per heavy atom. The number of anilines is 3. The molecule has 0 aliphatic rings. The van der Waals surface area contributed by atoms with E-state index in [0.29, 0.717) is 5.69 Å². The molecule has 7 nitrogen and oxygen atoms in total. The second kappa shape index (κ2) is 8.05. The highest BCUT2D eigenvalue weighted by Crippen LogP contribution is 2.20. The van der Waals surface area contributed by atoms with E-state index in [2.05, 4.69) is 10.6 Å². The summed E-state index contributed by atoms with van der Waals surface area (Å²) in [6, 6.07) is 19.8. The first-order chi connectivity index (χ1) is 13.4. The van der Waals surface area contributed by atoms with Gasteiger partial charge in [0.1, 0.15) is 0 Å². The van der Waals surface area contributed by atoms with E-state index < -0.39 is 17.8 Å². The maximum Gasteiger partial charge on any atom is 0.336 e. The van der Waals surface area contributed by atoms with Crippen LogP contribution in [0.1, 0.15) is 31.1 Å².